The first-order chi connectivity index (χ1) is 13.1. The van der Waals surface area contributed by atoms with Crippen molar-refractivity contribution in [3.63, 3.8) is 0 Å². The zero-order valence-corrected chi connectivity index (χ0v) is 15.0. The Bertz CT molecular complexity index is 844. The van der Waals surface area contributed by atoms with Gasteiger partial charge in [0.25, 0.3) is 11.8 Å². The molecule has 8 heteroatoms. The lowest BCUT2D eigenvalue weighted by molar-refractivity contribution is 0.0738. The number of primary amides is 1. The van der Waals surface area contributed by atoms with Crippen molar-refractivity contribution in [2.24, 2.45) is 5.73 Å². The van der Waals surface area contributed by atoms with Crippen molar-refractivity contribution in [1.29, 1.82) is 0 Å². The number of likely N-dealkylation sites (tertiary alicyclic amines) is 1. The molecule has 2 amide bonds. The number of carbonyl (C=O) groups is 2. The van der Waals surface area contributed by atoms with E-state index in [0.29, 0.717) is 13.1 Å². The molecule has 0 unspecified atom stereocenters. The quantitative estimate of drug-likeness (QED) is 0.859. The van der Waals surface area contributed by atoms with Gasteiger partial charge in [-0.3, -0.25) is 9.59 Å². The summed E-state index contributed by atoms with van der Waals surface area (Å²) < 4.78 is 11.4. The predicted molar refractivity (Wildman–Crippen MR) is 97.8 cm³/mol. The van der Waals surface area contributed by atoms with Crippen molar-refractivity contribution in [1.82, 2.24) is 9.88 Å². The molecule has 2 N–H and O–H groups in total. The molecule has 2 aromatic heterocycles. The minimum absolute atomic E-state index is 0.0176. The van der Waals surface area contributed by atoms with Crippen LogP contribution in [0.5, 0.6) is 5.75 Å². The van der Waals surface area contributed by atoms with E-state index in [1.54, 1.807) is 11.1 Å². The van der Waals surface area contributed by atoms with Gasteiger partial charge < -0.3 is 24.7 Å². The van der Waals surface area contributed by atoms with Gasteiger partial charge in [-0.25, -0.2) is 4.98 Å². The topological polar surface area (TPSA) is 102 Å². The number of hydrogen-bond donors (Lipinski definition) is 1. The molecular formula is C19H22N4O4. The van der Waals surface area contributed by atoms with Gasteiger partial charge in [-0.2, -0.15) is 0 Å². The molecule has 0 saturated carbocycles. The van der Waals surface area contributed by atoms with Crippen LogP contribution in [-0.2, 0) is 0 Å². The van der Waals surface area contributed by atoms with E-state index < -0.39 is 5.91 Å². The number of carbonyl (C=O) groups excluding carboxylic acids is 2. The number of nitrogens with zero attached hydrogens (tertiary/aromatic N) is 3. The van der Waals surface area contributed by atoms with Gasteiger partial charge in [-0.05, 0) is 37.1 Å². The summed E-state index contributed by atoms with van der Waals surface area (Å²) in [6.07, 6.45) is 4.72. The van der Waals surface area contributed by atoms with Crippen LogP contribution >= 0.6 is 0 Å². The average Bonchev–Trinajstić information content (AvgIpc) is 3.42. The summed E-state index contributed by atoms with van der Waals surface area (Å²) in [4.78, 5) is 32.1. The van der Waals surface area contributed by atoms with Crippen LogP contribution in [-0.4, -0.2) is 54.0 Å². The van der Waals surface area contributed by atoms with Gasteiger partial charge in [0.05, 0.1) is 6.54 Å². The zero-order valence-electron chi connectivity index (χ0n) is 15.0. The molecule has 4 rings (SSSR count). The molecule has 142 valence electrons. The van der Waals surface area contributed by atoms with Gasteiger partial charge in [-0.15, -0.1) is 0 Å². The molecule has 0 spiro atoms. The van der Waals surface area contributed by atoms with Crippen LogP contribution in [0.2, 0.25) is 0 Å². The van der Waals surface area contributed by atoms with Crippen molar-refractivity contribution >= 4 is 17.6 Å². The van der Waals surface area contributed by atoms with E-state index in [-0.39, 0.29) is 23.5 Å². The van der Waals surface area contributed by atoms with Crippen molar-refractivity contribution < 1.29 is 18.7 Å². The maximum absolute atomic E-state index is 12.6. The summed E-state index contributed by atoms with van der Waals surface area (Å²) >= 11 is 0. The highest BCUT2D eigenvalue weighted by atomic mass is 16.5. The van der Waals surface area contributed by atoms with E-state index in [4.69, 9.17) is 14.9 Å². The number of aromatic nitrogens is 1. The van der Waals surface area contributed by atoms with Gasteiger partial charge in [0.2, 0.25) is 0 Å². The van der Waals surface area contributed by atoms with Crippen LogP contribution in [0.15, 0.2) is 34.9 Å². The molecule has 0 radical (unpaired) electrons. The third kappa shape index (κ3) is 3.60. The molecule has 2 fully saturated rings. The van der Waals surface area contributed by atoms with Crippen LogP contribution in [0.4, 0.5) is 5.82 Å². The van der Waals surface area contributed by atoms with E-state index >= 15 is 0 Å². The molecule has 2 saturated heterocycles. The van der Waals surface area contributed by atoms with Crippen LogP contribution in [0.25, 0.3) is 0 Å². The first kappa shape index (κ1) is 17.4. The highest BCUT2D eigenvalue weighted by Crippen LogP contribution is 2.30. The van der Waals surface area contributed by atoms with Gasteiger partial charge in [0, 0.05) is 32.3 Å². The van der Waals surface area contributed by atoms with E-state index in [9.17, 15) is 9.59 Å². The van der Waals surface area contributed by atoms with E-state index in [1.807, 2.05) is 12.1 Å². The van der Waals surface area contributed by atoms with Crippen molar-refractivity contribution in [3.8, 4) is 5.75 Å². The van der Waals surface area contributed by atoms with E-state index in [2.05, 4.69) is 9.88 Å². The Hall–Kier alpha value is -3.03. The summed E-state index contributed by atoms with van der Waals surface area (Å²) in [5.41, 5.74) is 5.17. The first-order valence-electron chi connectivity index (χ1n) is 9.17. The molecule has 27 heavy (non-hydrogen) atoms. The summed E-state index contributed by atoms with van der Waals surface area (Å²) in [6.45, 7) is 3.00. The Morgan fingerprint density at radius 1 is 1.15 bits per heavy atom. The second kappa shape index (κ2) is 7.30. The fourth-order valence-corrected chi connectivity index (χ4v) is 3.57. The molecule has 8 nitrogen and oxygen atoms in total. The molecule has 2 aromatic rings. The second-order valence-corrected chi connectivity index (χ2v) is 6.83. The zero-order chi connectivity index (χ0) is 18.8. The smallest absolute Gasteiger partial charge is 0.289 e. The largest absolute Gasteiger partial charge is 0.485 e. The predicted octanol–water partition coefficient (Wildman–Crippen LogP) is 1.67. The van der Waals surface area contributed by atoms with Gasteiger partial charge in [-0.1, -0.05) is 0 Å². The maximum atomic E-state index is 12.6. The van der Waals surface area contributed by atoms with Crippen LogP contribution in [0, 0.1) is 0 Å². The number of hydrogen-bond acceptors (Lipinski definition) is 6. The Balaban J connectivity index is 1.41. The molecule has 0 bridgehead atoms. The molecule has 2 aliphatic rings. The lowest BCUT2D eigenvalue weighted by Crippen LogP contribution is -2.31. The van der Waals surface area contributed by atoms with E-state index in [0.717, 1.165) is 43.9 Å². The van der Waals surface area contributed by atoms with Crippen LogP contribution in [0.1, 0.15) is 40.4 Å². The first-order valence-corrected chi connectivity index (χ1v) is 9.17. The molecule has 4 heterocycles. The van der Waals surface area contributed by atoms with E-state index in [1.165, 1.54) is 12.1 Å². The van der Waals surface area contributed by atoms with Crippen molar-refractivity contribution in [3.05, 3.63) is 42.0 Å². The minimum Gasteiger partial charge on any atom is -0.485 e. The molecule has 2 aliphatic heterocycles. The summed E-state index contributed by atoms with van der Waals surface area (Å²) in [5, 5.41) is 0. The fraction of sp³-hybridized carbons (Fsp3) is 0.421. The molecule has 1 atom stereocenters. The molecular weight excluding hydrogens is 348 g/mol. The van der Waals surface area contributed by atoms with Gasteiger partial charge in [0.1, 0.15) is 6.10 Å². The summed E-state index contributed by atoms with van der Waals surface area (Å²) in [5.74, 6) is 0.770. The number of anilines is 1. The lowest BCUT2D eigenvalue weighted by atomic mass is 10.3. The third-order valence-electron chi connectivity index (χ3n) is 4.94. The number of rotatable bonds is 5. The lowest BCUT2D eigenvalue weighted by Gasteiger charge is -2.22. The number of pyridine rings is 1. The Morgan fingerprint density at radius 3 is 2.67 bits per heavy atom. The SMILES string of the molecule is NC(=O)c1ccc(C(=O)N2CC[C@H](Oc3cccnc3N3CCCC3)C2)o1. The highest BCUT2D eigenvalue weighted by Gasteiger charge is 2.31. The number of nitrogens with two attached hydrogens (primary N) is 1. The van der Waals surface area contributed by atoms with Crippen molar-refractivity contribution in [2.75, 3.05) is 31.1 Å². The number of furan rings is 1. The maximum Gasteiger partial charge on any atom is 0.289 e. The minimum atomic E-state index is -0.692. The Morgan fingerprint density at radius 2 is 1.93 bits per heavy atom. The Labute approximate surface area is 156 Å². The summed E-state index contributed by atoms with van der Waals surface area (Å²) in [6, 6.07) is 6.68. The van der Waals surface area contributed by atoms with Gasteiger partial charge >= 0.3 is 0 Å². The Kier molecular flexibility index (Phi) is 4.70. The average molecular weight is 370 g/mol. The number of ether oxygens (including phenoxy) is 1. The summed E-state index contributed by atoms with van der Waals surface area (Å²) in [7, 11) is 0. The monoisotopic (exact) mass is 370 g/mol. The highest BCUT2D eigenvalue weighted by molar-refractivity contribution is 5.95. The fourth-order valence-electron chi connectivity index (χ4n) is 3.57. The standard InChI is InChI=1S/C19H22N4O4/c20-17(24)14-5-6-16(27-14)19(25)23-11-7-13(12-23)26-15-4-3-8-21-18(15)22-9-1-2-10-22/h3-6,8,13H,1-2,7,9-12H2,(H2,20,24)/t13-/m0/s1. The van der Waals surface area contributed by atoms with Crippen LogP contribution < -0.4 is 15.4 Å². The number of amides is 2. The third-order valence-corrected chi connectivity index (χ3v) is 4.94. The normalized spacial score (nSPS) is 19.5. The molecule has 0 aliphatic carbocycles. The van der Waals surface area contributed by atoms with Crippen molar-refractivity contribution in [2.45, 2.75) is 25.4 Å². The van der Waals surface area contributed by atoms with Gasteiger partial charge in [0.15, 0.2) is 23.1 Å². The van der Waals surface area contributed by atoms with Crippen LogP contribution in [0.3, 0.4) is 0 Å². The molecule has 0 aromatic carbocycles. The second-order valence-electron chi connectivity index (χ2n) is 6.83.